The number of nitrogens with zero attached hydrogens (tertiary/aromatic N) is 1. The Morgan fingerprint density at radius 2 is 1.73 bits per heavy atom. The van der Waals surface area contributed by atoms with Gasteiger partial charge in [-0.25, -0.2) is 9.18 Å². The van der Waals surface area contributed by atoms with Gasteiger partial charge in [0.2, 0.25) is 0 Å². The predicted molar refractivity (Wildman–Crippen MR) is 119 cm³/mol. The number of benzene rings is 2. The minimum atomic E-state index is -0.683. The van der Waals surface area contributed by atoms with E-state index in [-0.39, 0.29) is 18.8 Å². The van der Waals surface area contributed by atoms with Crippen LogP contribution in [0.5, 0.6) is 0 Å². The van der Waals surface area contributed by atoms with Crippen molar-refractivity contribution >= 4 is 41.6 Å². The lowest BCUT2D eigenvalue weighted by molar-refractivity contribution is 0.00578. The van der Waals surface area contributed by atoms with Crippen molar-refractivity contribution < 1.29 is 18.5 Å². The zero-order chi connectivity index (χ0) is 22.1. The van der Waals surface area contributed by atoms with Crippen molar-refractivity contribution in [2.45, 2.75) is 38.9 Å². The highest BCUT2D eigenvalue weighted by Gasteiger charge is 2.51. The average Bonchev–Trinajstić information content (AvgIpc) is 2.89. The quantitative estimate of drug-likeness (QED) is 0.704. The normalized spacial score (nSPS) is 17.1. The second-order valence-corrected chi connectivity index (χ2v) is 8.61. The van der Waals surface area contributed by atoms with Crippen LogP contribution in [0.2, 0.25) is 5.02 Å². The molecule has 0 aromatic heterocycles. The first-order chi connectivity index (χ1) is 14.0. The maximum absolute atomic E-state index is 14.8. The molecule has 3 rings (SSSR count). The van der Waals surface area contributed by atoms with Crippen LogP contribution >= 0.6 is 11.6 Å². The number of nitrogens with one attached hydrogen (secondary N) is 1. The van der Waals surface area contributed by atoms with Gasteiger partial charge in [0.15, 0.2) is 0 Å². The van der Waals surface area contributed by atoms with E-state index in [0.717, 1.165) is 0 Å². The van der Waals surface area contributed by atoms with Crippen LogP contribution in [0.3, 0.4) is 0 Å². The Morgan fingerprint density at radius 1 is 1.13 bits per heavy atom. The van der Waals surface area contributed by atoms with E-state index in [4.69, 9.17) is 26.6 Å². The van der Waals surface area contributed by atoms with Crippen LogP contribution in [0, 0.1) is 5.82 Å². The van der Waals surface area contributed by atoms with Gasteiger partial charge in [-0.05, 0) is 69.6 Å². The lowest BCUT2D eigenvalue weighted by Crippen LogP contribution is -2.41. The number of carbonyl (C=O) groups is 1. The van der Waals surface area contributed by atoms with Gasteiger partial charge in [-0.1, -0.05) is 17.7 Å². The molecule has 0 bridgehead atoms. The van der Waals surface area contributed by atoms with Crippen LogP contribution in [-0.2, 0) is 9.31 Å². The van der Waals surface area contributed by atoms with E-state index < -0.39 is 30.2 Å². The van der Waals surface area contributed by atoms with E-state index in [0.29, 0.717) is 16.2 Å². The van der Waals surface area contributed by atoms with E-state index in [1.165, 1.54) is 17.0 Å². The minimum absolute atomic E-state index is 0.0521. The number of hydrogen-bond acceptors (Lipinski definition) is 4. The summed E-state index contributed by atoms with van der Waals surface area (Å²) in [6.45, 7) is 8.24. The van der Waals surface area contributed by atoms with Crippen molar-refractivity contribution in [2.75, 3.05) is 23.3 Å². The summed E-state index contributed by atoms with van der Waals surface area (Å²) < 4.78 is 26.7. The van der Waals surface area contributed by atoms with Gasteiger partial charge >= 0.3 is 13.1 Å². The SMILES string of the molecule is CC1(C)OB(c2ccc(NC(=O)N(CCN)c3ccc(Cl)cc3)c(F)c2)OC1(C)C. The molecular formula is C21H26BClFN3O3. The third-order valence-electron chi connectivity index (χ3n) is 5.50. The number of hydrogen-bond donors (Lipinski definition) is 2. The van der Waals surface area contributed by atoms with Crippen molar-refractivity contribution in [1.82, 2.24) is 0 Å². The number of nitrogens with two attached hydrogens (primary N) is 1. The van der Waals surface area contributed by atoms with Gasteiger partial charge in [-0.15, -0.1) is 0 Å². The lowest BCUT2D eigenvalue weighted by Gasteiger charge is -2.32. The van der Waals surface area contributed by atoms with Gasteiger partial charge in [0.25, 0.3) is 0 Å². The zero-order valence-electron chi connectivity index (χ0n) is 17.5. The van der Waals surface area contributed by atoms with Crippen molar-refractivity contribution in [3.05, 3.63) is 53.3 Å². The van der Waals surface area contributed by atoms with Crippen molar-refractivity contribution in [3.8, 4) is 0 Å². The Kier molecular flexibility index (Phi) is 6.43. The molecule has 2 aromatic rings. The molecule has 0 radical (unpaired) electrons. The summed E-state index contributed by atoms with van der Waals surface area (Å²) in [6.07, 6.45) is 0. The Labute approximate surface area is 181 Å². The third kappa shape index (κ3) is 4.62. The number of amides is 2. The summed E-state index contributed by atoms with van der Waals surface area (Å²) >= 11 is 5.91. The Morgan fingerprint density at radius 3 is 2.27 bits per heavy atom. The Balaban J connectivity index is 1.76. The van der Waals surface area contributed by atoms with Crippen molar-refractivity contribution in [1.29, 1.82) is 0 Å². The van der Waals surface area contributed by atoms with Crippen molar-refractivity contribution in [2.24, 2.45) is 5.73 Å². The molecule has 6 nitrogen and oxygen atoms in total. The van der Waals surface area contributed by atoms with Gasteiger partial charge in [-0.3, -0.25) is 4.90 Å². The molecule has 0 atom stereocenters. The molecule has 9 heteroatoms. The summed E-state index contributed by atoms with van der Waals surface area (Å²) in [5.41, 5.74) is 5.79. The van der Waals surface area contributed by atoms with Crippen LogP contribution in [0.25, 0.3) is 0 Å². The van der Waals surface area contributed by atoms with Crippen LogP contribution in [0.4, 0.5) is 20.6 Å². The molecule has 30 heavy (non-hydrogen) atoms. The summed E-state index contributed by atoms with van der Waals surface area (Å²) in [7, 11) is -0.683. The van der Waals surface area contributed by atoms with E-state index >= 15 is 0 Å². The highest BCUT2D eigenvalue weighted by atomic mass is 35.5. The standard InChI is InChI=1S/C21H26BClFN3O3/c1-20(2)21(3,4)30-22(29-20)14-5-10-18(17(24)13-14)26-19(28)27(12-11-25)16-8-6-15(23)7-9-16/h5-10,13H,11-12,25H2,1-4H3,(H,26,28). The molecule has 1 heterocycles. The molecular weight excluding hydrogens is 408 g/mol. The zero-order valence-corrected chi connectivity index (χ0v) is 18.3. The fraction of sp³-hybridized carbons (Fsp3) is 0.381. The van der Waals surface area contributed by atoms with Crippen LogP contribution < -0.4 is 21.4 Å². The average molecular weight is 434 g/mol. The fourth-order valence-corrected chi connectivity index (χ4v) is 3.17. The second kappa shape index (κ2) is 8.55. The predicted octanol–water partition coefficient (Wildman–Crippen LogP) is 3.78. The molecule has 1 aliphatic heterocycles. The Bertz CT molecular complexity index is 908. The summed E-state index contributed by atoms with van der Waals surface area (Å²) in [4.78, 5) is 14.2. The smallest absolute Gasteiger partial charge is 0.399 e. The molecule has 0 saturated carbocycles. The summed E-state index contributed by atoms with van der Waals surface area (Å²) in [6, 6.07) is 10.7. The van der Waals surface area contributed by atoms with Gasteiger partial charge in [0.05, 0.1) is 16.9 Å². The number of rotatable bonds is 5. The van der Waals surface area contributed by atoms with Crippen LogP contribution in [-0.4, -0.2) is 37.4 Å². The molecule has 2 amide bonds. The lowest BCUT2D eigenvalue weighted by atomic mass is 9.79. The minimum Gasteiger partial charge on any atom is -0.399 e. The molecule has 0 spiro atoms. The van der Waals surface area contributed by atoms with Gasteiger partial charge in [0, 0.05) is 23.8 Å². The number of anilines is 2. The van der Waals surface area contributed by atoms with Crippen LogP contribution in [0.15, 0.2) is 42.5 Å². The third-order valence-corrected chi connectivity index (χ3v) is 5.75. The molecule has 0 unspecified atom stereocenters. The van der Waals surface area contributed by atoms with E-state index in [2.05, 4.69) is 5.32 Å². The van der Waals surface area contributed by atoms with Gasteiger partial charge in [-0.2, -0.15) is 0 Å². The molecule has 160 valence electrons. The van der Waals surface area contributed by atoms with Crippen LogP contribution in [0.1, 0.15) is 27.7 Å². The first kappa shape index (κ1) is 22.6. The summed E-state index contributed by atoms with van der Waals surface area (Å²) in [5.74, 6) is -0.584. The second-order valence-electron chi connectivity index (χ2n) is 8.17. The first-order valence-electron chi connectivity index (χ1n) is 9.73. The molecule has 1 fully saturated rings. The molecule has 1 saturated heterocycles. The number of halogens is 2. The number of urea groups is 1. The Hall–Kier alpha value is -2.13. The van der Waals surface area contributed by atoms with Gasteiger partial charge < -0.3 is 20.4 Å². The van der Waals surface area contributed by atoms with Crippen molar-refractivity contribution in [3.63, 3.8) is 0 Å². The van der Waals surface area contributed by atoms with Gasteiger partial charge in [0.1, 0.15) is 5.82 Å². The highest BCUT2D eigenvalue weighted by molar-refractivity contribution is 6.62. The molecule has 0 aliphatic carbocycles. The van der Waals surface area contributed by atoms with E-state index in [1.807, 2.05) is 27.7 Å². The largest absolute Gasteiger partial charge is 0.494 e. The molecule has 1 aliphatic rings. The summed E-state index contributed by atoms with van der Waals surface area (Å²) in [5, 5.41) is 3.15. The maximum atomic E-state index is 14.8. The molecule has 2 aromatic carbocycles. The highest BCUT2D eigenvalue weighted by Crippen LogP contribution is 2.36. The fourth-order valence-electron chi connectivity index (χ4n) is 3.04. The maximum Gasteiger partial charge on any atom is 0.494 e. The van der Waals surface area contributed by atoms with E-state index in [9.17, 15) is 9.18 Å². The monoisotopic (exact) mass is 433 g/mol. The topological polar surface area (TPSA) is 76.8 Å². The number of carbonyl (C=O) groups excluding carboxylic acids is 1. The van der Waals surface area contributed by atoms with E-state index in [1.54, 1.807) is 30.3 Å². The molecule has 3 N–H and O–H groups in total. The first-order valence-corrected chi connectivity index (χ1v) is 10.1.